The fourth-order valence-corrected chi connectivity index (χ4v) is 2.59. The standard InChI is InChI=1S/C12H25N/c1-4-12(13-5-2)11-8-6-10(3)7-9-11/h10-13H,4-9H2,1-3H3. The second-order valence-corrected chi connectivity index (χ2v) is 4.59. The average molecular weight is 183 g/mol. The van der Waals surface area contributed by atoms with Gasteiger partial charge < -0.3 is 5.32 Å². The summed E-state index contributed by atoms with van der Waals surface area (Å²) in [5.74, 6) is 1.94. The van der Waals surface area contributed by atoms with Crippen LogP contribution in [0.2, 0.25) is 0 Å². The van der Waals surface area contributed by atoms with Gasteiger partial charge >= 0.3 is 0 Å². The highest BCUT2D eigenvalue weighted by molar-refractivity contribution is 4.79. The van der Waals surface area contributed by atoms with Crippen molar-refractivity contribution in [3.05, 3.63) is 0 Å². The summed E-state index contributed by atoms with van der Waals surface area (Å²) in [6.07, 6.45) is 7.10. The van der Waals surface area contributed by atoms with E-state index in [0.29, 0.717) is 0 Å². The van der Waals surface area contributed by atoms with Crippen molar-refractivity contribution in [2.45, 2.75) is 58.9 Å². The molecule has 0 aromatic rings. The molecule has 1 fully saturated rings. The van der Waals surface area contributed by atoms with E-state index in [9.17, 15) is 0 Å². The average Bonchev–Trinajstić information content (AvgIpc) is 2.16. The largest absolute Gasteiger partial charge is 0.314 e. The van der Waals surface area contributed by atoms with Gasteiger partial charge in [-0.3, -0.25) is 0 Å². The lowest BCUT2D eigenvalue weighted by molar-refractivity contribution is 0.228. The Morgan fingerprint density at radius 2 is 1.77 bits per heavy atom. The van der Waals surface area contributed by atoms with E-state index >= 15 is 0 Å². The molecule has 1 unspecified atom stereocenters. The van der Waals surface area contributed by atoms with Gasteiger partial charge in [0, 0.05) is 6.04 Å². The van der Waals surface area contributed by atoms with Crippen molar-refractivity contribution in [1.82, 2.24) is 5.32 Å². The highest BCUT2D eigenvalue weighted by Crippen LogP contribution is 2.31. The Kier molecular flexibility index (Phi) is 4.79. The molecule has 1 aliphatic rings. The zero-order valence-electron chi connectivity index (χ0n) is 9.47. The van der Waals surface area contributed by atoms with Crippen LogP contribution in [0, 0.1) is 11.8 Å². The van der Waals surface area contributed by atoms with Crippen LogP contribution in [0.3, 0.4) is 0 Å². The van der Waals surface area contributed by atoms with Gasteiger partial charge in [-0.15, -0.1) is 0 Å². The van der Waals surface area contributed by atoms with Crippen LogP contribution in [0.15, 0.2) is 0 Å². The third-order valence-electron chi connectivity index (χ3n) is 3.54. The maximum Gasteiger partial charge on any atom is 0.00925 e. The monoisotopic (exact) mass is 183 g/mol. The number of hydrogen-bond donors (Lipinski definition) is 1. The number of hydrogen-bond acceptors (Lipinski definition) is 1. The molecular weight excluding hydrogens is 158 g/mol. The lowest BCUT2D eigenvalue weighted by atomic mass is 9.78. The molecule has 1 aliphatic carbocycles. The minimum Gasteiger partial charge on any atom is -0.314 e. The SMILES string of the molecule is CCNC(CC)C1CCC(C)CC1. The Morgan fingerprint density at radius 3 is 2.23 bits per heavy atom. The van der Waals surface area contributed by atoms with Crippen molar-refractivity contribution in [3.63, 3.8) is 0 Å². The Bertz CT molecular complexity index is 125. The Morgan fingerprint density at radius 1 is 1.15 bits per heavy atom. The zero-order valence-corrected chi connectivity index (χ0v) is 9.47. The zero-order chi connectivity index (χ0) is 9.68. The Hall–Kier alpha value is -0.0400. The molecule has 1 heteroatoms. The van der Waals surface area contributed by atoms with Crippen LogP contribution in [0.25, 0.3) is 0 Å². The molecule has 1 nitrogen and oxygen atoms in total. The van der Waals surface area contributed by atoms with E-state index in [4.69, 9.17) is 0 Å². The van der Waals surface area contributed by atoms with Gasteiger partial charge in [0.2, 0.25) is 0 Å². The van der Waals surface area contributed by atoms with Crippen molar-refractivity contribution in [2.24, 2.45) is 11.8 Å². The van der Waals surface area contributed by atoms with Crippen LogP contribution in [0.4, 0.5) is 0 Å². The minimum absolute atomic E-state index is 0.789. The topological polar surface area (TPSA) is 12.0 Å². The summed E-state index contributed by atoms with van der Waals surface area (Å²) >= 11 is 0. The summed E-state index contributed by atoms with van der Waals surface area (Å²) in [6.45, 7) is 8.05. The molecule has 0 amide bonds. The Labute approximate surface area is 83.3 Å². The van der Waals surface area contributed by atoms with Crippen molar-refractivity contribution in [1.29, 1.82) is 0 Å². The molecular formula is C12H25N. The first-order valence-corrected chi connectivity index (χ1v) is 6.01. The van der Waals surface area contributed by atoms with Crippen molar-refractivity contribution in [3.8, 4) is 0 Å². The summed E-state index contributed by atoms with van der Waals surface area (Å²) in [6, 6.07) is 0.789. The Balaban J connectivity index is 2.32. The molecule has 0 aliphatic heterocycles. The van der Waals surface area contributed by atoms with E-state index in [2.05, 4.69) is 26.1 Å². The lowest BCUT2D eigenvalue weighted by Crippen LogP contribution is -2.37. The predicted molar refractivity (Wildman–Crippen MR) is 58.9 cm³/mol. The van der Waals surface area contributed by atoms with Crippen molar-refractivity contribution in [2.75, 3.05) is 6.54 Å². The summed E-state index contributed by atoms with van der Waals surface area (Å²) in [5, 5.41) is 3.62. The smallest absolute Gasteiger partial charge is 0.00925 e. The van der Waals surface area contributed by atoms with Gasteiger partial charge in [-0.1, -0.05) is 33.6 Å². The quantitative estimate of drug-likeness (QED) is 0.706. The van der Waals surface area contributed by atoms with E-state index in [-0.39, 0.29) is 0 Å². The highest BCUT2D eigenvalue weighted by atomic mass is 14.9. The van der Waals surface area contributed by atoms with E-state index in [1.54, 1.807) is 0 Å². The maximum atomic E-state index is 3.62. The van der Waals surface area contributed by atoms with Crippen LogP contribution in [-0.2, 0) is 0 Å². The molecule has 0 saturated heterocycles. The molecule has 78 valence electrons. The van der Waals surface area contributed by atoms with Gasteiger partial charge in [0.25, 0.3) is 0 Å². The van der Waals surface area contributed by atoms with Gasteiger partial charge in [0.1, 0.15) is 0 Å². The molecule has 1 N–H and O–H groups in total. The van der Waals surface area contributed by atoms with Crippen molar-refractivity contribution >= 4 is 0 Å². The second-order valence-electron chi connectivity index (χ2n) is 4.59. The molecule has 0 bridgehead atoms. The van der Waals surface area contributed by atoms with Gasteiger partial charge in [0.15, 0.2) is 0 Å². The fraction of sp³-hybridized carbons (Fsp3) is 1.00. The molecule has 1 rings (SSSR count). The molecule has 1 atom stereocenters. The maximum absolute atomic E-state index is 3.62. The summed E-state index contributed by atoms with van der Waals surface area (Å²) in [4.78, 5) is 0. The van der Waals surface area contributed by atoms with Gasteiger partial charge in [-0.2, -0.15) is 0 Å². The minimum atomic E-state index is 0.789. The normalized spacial score (nSPS) is 31.6. The first-order valence-electron chi connectivity index (χ1n) is 6.01. The first-order chi connectivity index (χ1) is 6.27. The molecule has 0 heterocycles. The van der Waals surface area contributed by atoms with Crippen LogP contribution in [0.1, 0.15) is 52.9 Å². The highest BCUT2D eigenvalue weighted by Gasteiger charge is 2.23. The molecule has 0 spiro atoms. The fourth-order valence-electron chi connectivity index (χ4n) is 2.59. The van der Waals surface area contributed by atoms with Crippen LogP contribution >= 0.6 is 0 Å². The summed E-state index contributed by atoms with van der Waals surface area (Å²) in [5.41, 5.74) is 0. The first kappa shape index (κ1) is 11.0. The second kappa shape index (κ2) is 5.64. The molecule has 0 aromatic heterocycles. The van der Waals surface area contributed by atoms with Crippen molar-refractivity contribution < 1.29 is 0 Å². The summed E-state index contributed by atoms with van der Waals surface area (Å²) < 4.78 is 0. The lowest BCUT2D eigenvalue weighted by Gasteiger charge is -2.32. The van der Waals surface area contributed by atoms with E-state index in [0.717, 1.165) is 24.4 Å². The number of rotatable bonds is 4. The van der Waals surface area contributed by atoms with Crippen LogP contribution < -0.4 is 5.32 Å². The molecule has 0 aromatic carbocycles. The van der Waals surface area contributed by atoms with E-state index in [1.165, 1.54) is 32.1 Å². The van der Waals surface area contributed by atoms with Crippen LogP contribution in [-0.4, -0.2) is 12.6 Å². The molecule has 13 heavy (non-hydrogen) atoms. The third kappa shape index (κ3) is 3.30. The number of nitrogens with one attached hydrogen (secondary N) is 1. The predicted octanol–water partition coefficient (Wildman–Crippen LogP) is 3.20. The van der Waals surface area contributed by atoms with E-state index < -0.39 is 0 Å². The summed E-state index contributed by atoms with van der Waals surface area (Å²) in [7, 11) is 0. The third-order valence-corrected chi connectivity index (χ3v) is 3.54. The molecule has 0 radical (unpaired) electrons. The van der Waals surface area contributed by atoms with Gasteiger partial charge in [-0.05, 0) is 37.6 Å². The van der Waals surface area contributed by atoms with Gasteiger partial charge in [-0.25, -0.2) is 0 Å². The van der Waals surface area contributed by atoms with Gasteiger partial charge in [0.05, 0.1) is 0 Å². The van der Waals surface area contributed by atoms with E-state index in [1.807, 2.05) is 0 Å². The molecule has 1 saturated carbocycles. The van der Waals surface area contributed by atoms with Crippen LogP contribution in [0.5, 0.6) is 0 Å².